The highest BCUT2D eigenvalue weighted by Crippen LogP contribution is 2.05. The lowest BCUT2D eigenvalue weighted by atomic mass is 10.00. The van der Waals surface area contributed by atoms with Gasteiger partial charge in [-0.05, 0) is 19.4 Å². The highest BCUT2D eigenvalue weighted by Gasteiger charge is 2.26. The predicted octanol–water partition coefficient (Wildman–Crippen LogP) is -0.850. The molecule has 0 aromatic carbocycles. The maximum Gasteiger partial charge on any atom is 0.322 e. The molecule has 1 aliphatic heterocycles. The van der Waals surface area contributed by atoms with Crippen molar-refractivity contribution in [2.45, 2.75) is 24.9 Å². The van der Waals surface area contributed by atoms with Crippen molar-refractivity contribution in [2.75, 3.05) is 6.54 Å². The van der Waals surface area contributed by atoms with Gasteiger partial charge in [0.15, 0.2) is 0 Å². The lowest BCUT2D eigenvalue weighted by molar-refractivity contribution is -0.140. The van der Waals surface area contributed by atoms with E-state index in [9.17, 15) is 4.79 Å². The van der Waals surface area contributed by atoms with Crippen molar-refractivity contribution >= 4 is 5.97 Å². The van der Waals surface area contributed by atoms with Crippen molar-refractivity contribution < 1.29 is 9.90 Å². The number of carbonyl (C=O) groups is 1. The zero-order valence-electron chi connectivity index (χ0n) is 5.71. The first-order valence-corrected chi connectivity index (χ1v) is 3.43. The number of piperidine rings is 1. The number of aliphatic carboxylic acids is 1. The second kappa shape index (κ2) is 2.98. The number of nitrogens with two attached hydrogens (primary N) is 1. The van der Waals surface area contributed by atoms with E-state index in [0.717, 1.165) is 19.4 Å². The fraction of sp³-hybridized carbons (Fsp3) is 0.833. The van der Waals surface area contributed by atoms with E-state index in [0.29, 0.717) is 0 Å². The molecule has 0 aromatic rings. The fourth-order valence-corrected chi connectivity index (χ4v) is 1.18. The van der Waals surface area contributed by atoms with Crippen molar-refractivity contribution in [3.63, 3.8) is 0 Å². The number of hydrogen-bond donors (Lipinski definition) is 3. The normalized spacial score (nSPS) is 33.7. The second-order valence-corrected chi connectivity index (χ2v) is 2.58. The van der Waals surface area contributed by atoms with Crippen molar-refractivity contribution in [1.29, 1.82) is 0 Å². The van der Waals surface area contributed by atoms with Gasteiger partial charge >= 0.3 is 5.97 Å². The average Bonchev–Trinajstić information content (AvgIpc) is 1.88. The third kappa shape index (κ3) is 1.46. The Labute approximate surface area is 59.4 Å². The molecular formula is C6H12N2O2. The van der Waals surface area contributed by atoms with Crippen LogP contribution in [0.15, 0.2) is 0 Å². The van der Waals surface area contributed by atoms with Crippen molar-refractivity contribution in [3.8, 4) is 0 Å². The Bertz CT molecular complexity index is 138. The number of carboxylic acids is 1. The first kappa shape index (κ1) is 7.50. The Kier molecular flexibility index (Phi) is 2.24. The van der Waals surface area contributed by atoms with Crippen molar-refractivity contribution in [1.82, 2.24) is 5.32 Å². The molecule has 4 nitrogen and oxygen atoms in total. The number of hydrogen-bond acceptors (Lipinski definition) is 3. The Hall–Kier alpha value is -0.610. The summed E-state index contributed by atoms with van der Waals surface area (Å²) >= 11 is 0. The van der Waals surface area contributed by atoms with Crippen LogP contribution in [0.4, 0.5) is 0 Å². The van der Waals surface area contributed by atoms with E-state index < -0.39 is 12.0 Å². The molecule has 1 aliphatic rings. The SMILES string of the molecule is NC1CCCNC1C(=O)O. The van der Waals surface area contributed by atoms with E-state index in [1.807, 2.05) is 0 Å². The molecule has 10 heavy (non-hydrogen) atoms. The summed E-state index contributed by atoms with van der Waals surface area (Å²) in [4.78, 5) is 10.4. The molecule has 58 valence electrons. The highest BCUT2D eigenvalue weighted by molar-refractivity contribution is 5.74. The van der Waals surface area contributed by atoms with Crippen LogP contribution in [-0.2, 0) is 4.79 Å². The Balaban J connectivity index is 2.47. The molecule has 1 fully saturated rings. The lowest BCUT2D eigenvalue weighted by Gasteiger charge is -2.25. The standard InChI is InChI=1S/C6H12N2O2/c7-4-2-1-3-8-5(4)6(9)10/h4-5,8H,1-3,7H2,(H,9,10). The van der Waals surface area contributed by atoms with Gasteiger partial charge in [-0.1, -0.05) is 0 Å². The number of rotatable bonds is 1. The van der Waals surface area contributed by atoms with E-state index in [2.05, 4.69) is 5.32 Å². The second-order valence-electron chi connectivity index (χ2n) is 2.58. The molecule has 2 unspecified atom stereocenters. The molecule has 0 spiro atoms. The van der Waals surface area contributed by atoms with Gasteiger partial charge in [-0.25, -0.2) is 0 Å². The van der Waals surface area contributed by atoms with Gasteiger partial charge in [0.25, 0.3) is 0 Å². The molecule has 1 saturated heterocycles. The molecule has 1 heterocycles. The van der Waals surface area contributed by atoms with E-state index in [-0.39, 0.29) is 6.04 Å². The monoisotopic (exact) mass is 144 g/mol. The third-order valence-corrected chi connectivity index (χ3v) is 1.77. The van der Waals surface area contributed by atoms with Crippen LogP contribution in [0.5, 0.6) is 0 Å². The summed E-state index contributed by atoms with van der Waals surface area (Å²) in [5, 5.41) is 11.4. The van der Waals surface area contributed by atoms with Crippen LogP contribution in [-0.4, -0.2) is 29.7 Å². The van der Waals surface area contributed by atoms with E-state index in [1.165, 1.54) is 0 Å². The van der Waals surface area contributed by atoms with Crippen LogP contribution >= 0.6 is 0 Å². The highest BCUT2D eigenvalue weighted by atomic mass is 16.4. The molecule has 0 radical (unpaired) electrons. The third-order valence-electron chi connectivity index (χ3n) is 1.77. The lowest BCUT2D eigenvalue weighted by Crippen LogP contribution is -2.53. The van der Waals surface area contributed by atoms with Crippen molar-refractivity contribution in [3.05, 3.63) is 0 Å². The maximum absolute atomic E-state index is 10.4. The Morgan fingerprint density at radius 2 is 2.40 bits per heavy atom. The molecule has 0 saturated carbocycles. The summed E-state index contributed by atoms with van der Waals surface area (Å²) in [6.45, 7) is 0.769. The molecule has 2 atom stereocenters. The van der Waals surface area contributed by atoms with Gasteiger partial charge in [-0.15, -0.1) is 0 Å². The first-order chi connectivity index (χ1) is 4.72. The van der Waals surface area contributed by atoms with Crippen LogP contribution in [0.3, 0.4) is 0 Å². The van der Waals surface area contributed by atoms with Gasteiger partial charge in [-0.3, -0.25) is 4.79 Å². The zero-order chi connectivity index (χ0) is 7.56. The first-order valence-electron chi connectivity index (χ1n) is 3.43. The van der Waals surface area contributed by atoms with Crippen molar-refractivity contribution in [2.24, 2.45) is 5.73 Å². The summed E-state index contributed by atoms with van der Waals surface area (Å²) in [6, 6.07) is -0.750. The Morgan fingerprint density at radius 1 is 1.70 bits per heavy atom. The van der Waals surface area contributed by atoms with Crippen LogP contribution in [0.25, 0.3) is 0 Å². The van der Waals surface area contributed by atoms with Crippen LogP contribution < -0.4 is 11.1 Å². The van der Waals surface area contributed by atoms with Gasteiger partial charge in [0.1, 0.15) is 6.04 Å². The smallest absolute Gasteiger partial charge is 0.322 e. The minimum absolute atomic E-state index is 0.216. The summed E-state index contributed by atoms with van der Waals surface area (Å²) in [5.74, 6) is -0.841. The zero-order valence-corrected chi connectivity index (χ0v) is 5.71. The van der Waals surface area contributed by atoms with Gasteiger partial charge in [0.05, 0.1) is 0 Å². The van der Waals surface area contributed by atoms with Crippen LogP contribution in [0.2, 0.25) is 0 Å². The molecular weight excluding hydrogens is 132 g/mol. The minimum atomic E-state index is -0.841. The number of nitrogens with one attached hydrogen (secondary N) is 1. The molecule has 4 N–H and O–H groups in total. The molecule has 1 rings (SSSR count). The topological polar surface area (TPSA) is 75.3 Å². The van der Waals surface area contributed by atoms with E-state index in [4.69, 9.17) is 10.8 Å². The summed E-state index contributed by atoms with van der Waals surface area (Å²) in [7, 11) is 0. The Morgan fingerprint density at radius 3 is 2.80 bits per heavy atom. The molecule has 0 amide bonds. The quantitative estimate of drug-likeness (QED) is 0.448. The molecule has 0 bridgehead atoms. The largest absolute Gasteiger partial charge is 0.480 e. The van der Waals surface area contributed by atoms with Crippen LogP contribution in [0.1, 0.15) is 12.8 Å². The van der Waals surface area contributed by atoms with Gasteiger partial charge in [0.2, 0.25) is 0 Å². The summed E-state index contributed by atoms with van der Waals surface area (Å²) < 4.78 is 0. The van der Waals surface area contributed by atoms with E-state index in [1.54, 1.807) is 0 Å². The fourth-order valence-electron chi connectivity index (χ4n) is 1.18. The van der Waals surface area contributed by atoms with Gasteiger partial charge in [-0.2, -0.15) is 0 Å². The van der Waals surface area contributed by atoms with Crippen LogP contribution in [0, 0.1) is 0 Å². The predicted molar refractivity (Wildman–Crippen MR) is 36.6 cm³/mol. The van der Waals surface area contributed by atoms with Gasteiger partial charge < -0.3 is 16.2 Å². The van der Waals surface area contributed by atoms with Gasteiger partial charge in [0, 0.05) is 6.04 Å². The van der Waals surface area contributed by atoms with E-state index >= 15 is 0 Å². The number of carboxylic acid groups (broad SMARTS) is 1. The molecule has 4 heteroatoms. The maximum atomic E-state index is 10.4. The molecule has 0 aliphatic carbocycles. The average molecular weight is 144 g/mol. The minimum Gasteiger partial charge on any atom is -0.480 e. The summed E-state index contributed by atoms with van der Waals surface area (Å²) in [5.41, 5.74) is 5.54. The molecule has 0 aromatic heterocycles. The summed E-state index contributed by atoms with van der Waals surface area (Å²) in [6.07, 6.45) is 1.79.